The minimum absolute atomic E-state index is 0.0253. The molecule has 92 valence electrons. The third-order valence-corrected chi connectivity index (χ3v) is 3.79. The van der Waals surface area contributed by atoms with Crippen LogP contribution < -0.4 is 5.32 Å². The molecule has 0 aromatic rings. The predicted octanol–water partition coefficient (Wildman–Crippen LogP) is 0.241. The summed E-state index contributed by atoms with van der Waals surface area (Å²) in [7, 11) is 1.73. The number of nitrogens with one attached hydrogen (secondary N) is 1. The lowest BCUT2D eigenvalue weighted by Gasteiger charge is -2.40. The summed E-state index contributed by atoms with van der Waals surface area (Å²) >= 11 is 0. The Balaban J connectivity index is 1.89. The summed E-state index contributed by atoms with van der Waals surface area (Å²) in [4.78, 5) is 0. The number of hydrogen-bond acceptors (Lipinski definition) is 5. The van der Waals surface area contributed by atoms with E-state index in [4.69, 9.17) is 18.9 Å². The van der Waals surface area contributed by atoms with E-state index in [1.165, 1.54) is 0 Å². The van der Waals surface area contributed by atoms with Gasteiger partial charge in [-0.1, -0.05) is 0 Å². The molecule has 3 saturated heterocycles. The molecule has 16 heavy (non-hydrogen) atoms. The van der Waals surface area contributed by atoms with Crippen LogP contribution in [0, 0.1) is 0 Å². The Morgan fingerprint density at radius 3 is 2.88 bits per heavy atom. The van der Waals surface area contributed by atoms with Crippen LogP contribution in [0.1, 0.15) is 20.3 Å². The molecule has 0 unspecified atom stereocenters. The van der Waals surface area contributed by atoms with E-state index in [0.29, 0.717) is 0 Å². The van der Waals surface area contributed by atoms with Crippen LogP contribution in [-0.2, 0) is 18.9 Å². The van der Waals surface area contributed by atoms with Crippen molar-refractivity contribution in [1.82, 2.24) is 5.32 Å². The number of methoxy groups -OCH3 is 1. The smallest absolute Gasteiger partial charge is 0.190 e. The van der Waals surface area contributed by atoms with E-state index >= 15 is 0 Å². The average Bonchev–Trinajstić information content (AvgIpc) is 2.68. The molecule has 0 spiro atoms. The molecule has 1 N–H and O–H groups in total. The molecule has 0 radical (unpaired) electrons. The summed E-state index contributed by atoms with van der Waals surface area (Å²) in [6.45, 7) is 5.55. The second-order valence-electron chi connectivity index (χ2n) is 5.16. The summed E-state index contributed by atoms with van der Waals surface area (Å²) in [6.07, 6.45) is 0.520. The van der Waals surface area contributed by atoms with Gasteiger partial charge in [-0.25, -0.2) is 0 Å². The molecule has 3 aliphatic rings. The summed E-state index contributed by atoms with van der Waals surface area (Å²) in [5.41, 5.74) is -0.344. The van der Waals surface area contributed by atoms with Gasteiger partial charge in [-0.05, 0) is 26.8 Å². The predicted molar refractivity (Wildman–Crippen MR) is 55.9 cm³/mol. The molecular formula is C11H19NO4. The standard InChI is InChI=1S/C11H19NO4/c1-10(2)15-8-9(16-10)14-7-6-12-5-4-11(7,8)13-3/h7-9,12H,4-6H2,1-3H3/t7-,8+,9-,11-/m1/s1. The van der Waals surface area contributed by atoms with E-state index < -0.39 is 5.79 Å². The summed E-state index contributed by atoms with van der Waals surface area (Å²) in [6, 6.07) is 0. The van der Waals surface area contributed by atoms with Crippen LogP contribution in [0.4, 0.5) is 0 Å². The van der Waals surface area contributed by atoms with Crippen LogP contribution in [0.3, 0.4) is 0 Å². The zero-order chi connectivity index (χ0) is 11.4. The zero-order valence-corrected chi connectivity index (χ0v) is 9.99. The maximum Gasteiger partial charge on any atom is 0.190 e. The van der Waals surface area contributed by atoms with Crippen LogP contribution in [-0.4, -0.2) is 50.1 Å². The van der Waals surface area contributed by atoms with Crippen molar-refractivity contribution in [3.63, 3.8) is 0 Å². The van der Waals surface area contributed by atoms with E-state index in [1.54, 1.807) is 7.11 Å². The van der Waals surface area contributed by atoms with Crippen molar-refractivity contribution in [2.24, 2.45) is 0 Å². The van der Waals surface area contributed by atoms with E-state index in [-0.39, 0.29) is 24.1 Å². The van der Waals surface area contributed by atoms with Gasteiger partial charge in [0.2, 0.25) is 0 Å². The highest BCUT2D eigenvalue weighted by molar-refractivity contribution is 5.09. The van der Waals surface area contributed by atoms with Crippen LogP contribution in [0.15, 0.2) is 0 Å². The van der Waals surface area contributed by atoms with Gasteiger partial charge in [-0.15, -0.1) is 0 Å². The fourth-order valence-electron chi connectivity index (χ4n) is 3.01. The highest BCUT2D eigenvalue weighted by Crippen LogP contribution is 2.46. The van der Waals surface area contributed by atoms with E-state index in [2.05, 4.69) is 5.32 Å². The molecule has 3 aliphatic heterocycles. The number of fused-ring (bicyclic) bond motifs is 3. The molecule has 5 heteroatoms. The third-order valence-electron chi connectivity index (χ3n) is 3.79. The molecule has 3 fully saturated rings. The monoisotopic (exact) mass is 229 g/mol. The first-order valence-corrected chi connectivity index (χ1v) is 5.84. The SMILES string of the molecule is CO[C@]12CCNC[C@H]1O[C@@H]1OC(C)(C)O[C@@H]12. The highest BCUT2D eigenvalue weighted by atomic mass is 16.8. The molecule has 0 amide bonds. The molecule has 5 nitrogen and oxygen atoms in total. The Morgan fingerprint density at radius 2 is 2.12 bits per heavy atom. The molecule has 0 bridgehead atoms. The second-order valence-corrected chi connectivity index (χ2v) is 5.16. The summed E-state index contributed by atoms with van der Waals surface area (Å²) in [5, 5.41) is 3.31. The van der Waals surface area contributed by atoms with Crippen molar-refractivity contribution < 1.29 is 18.9 Å². The number of hydrogen-bond donors (Lipinski definition) is 1. The Bertz CT molecular complexity index is 296. The molecule has 3 rings (SSSR count). The van der Waals surface area contributed by atoms with Gasteiger partial charge in [0.05, 0.1) is 0 Å². The molecule has 0 aliphatic carbocycles. The Morgan fingerprint density at radius 1 is 1.31 bits per heavy atom. The van der Waals surface area contributed by atoms with E-state index in [0.717, 1.165) is 19.5 Å². The quantitative estimate of drug-likeness (QED) is 0.698. The Hall–Kier alpha value is -0.200. The molecule has 4 atom stereocenters. The van der Waals surface area contributed by atoms with Crippen molar-refractivity contribution in [2.45, 2.75) is 50.2 Å². The van der Waals surface area contributed by atoms with Gasteiger partial charge >= 0.3 is 0 Å². The van der Waals surface area contributed by atoms with Gasteiger partial charge in [0.1, 0.15) is 17.8 Å². The zero-order valence-electron chi connectivity index (χ0n) is 9.99. The lowest BCUT2D eigenvalue weighted by atomic mass is 9.86. The summed E-state index contributed by atoms with van der Waals surface area (Å²) in [5.74, 6) is -0.573. The topological polar surface area (TPSA) is 49.0 Å². The minimum atomic E-state index is -0.573. The molecular weight excluding hydrogens is 210 g/mol. The van der Waals surface area contributed by atoms with E-state index in [1.807, 2.05) is 13.8 Å². The van der Waals surface area contributed by atoms with Crippen LogP contribution in [0.25, 0.3) is 0 Å². The van der Waals surface area contributed by atoms with Crippen LogP contribution >= 0.6 is 0 Å². The first-order chi connectivity index (χ1) is 7.57. The van der Waals surface area contributed by atoms with Gasteiger partial charge in [0.25, 0.3) is 0 Å². The molecule has 0 aromatic heterocycles. The first kappa shape index (κ1) is 10.9. The maximum absolute atomic E-state index is 5.94. The van der Waals surface area contributed by atoms with Crippen molar-refractivity contribution in [1.29, 1.82) is 0 Å². The van der Waals surface area contributed by atoms with Crippen molar-refractivity contribution >= 4 is 0 Å². The van der Waals surface area contributed by atoms with Crippen molar-refractivity contribution in [3.05, 3.63) is 0 Å². The van der Waals surface area contributed by atoms with Gasteiger partial charge in [-0.3, -0.25) is 0 Å². The molecule has 0 aromatic carbocycles. The van der Waals surface area contributed by atoms with Gasteiger partial charge < -0.3 is 24.3 Å². The van der Waals surface area contributed by atoms with E-state index in [9.17, 15) is 0 Å². The number of rotatable bonds is 1. The summed E-state index contributed by atoms with van der Waals surface area (Å²) < 4.78 is 23.3. The van der Waals surface area contributed by atoms with Gasteiger partial charge in [-0.2, -0.15) is 0 Å². The molecule has 0 saturated carbocycles. The number of ether oxygens (including phenoxy) is 4. The number of piperidine rings is 1. The first-order valence-electron chi connectivity index (χ1n) is 5.84. The second kappa shape index (κ2) is 3.40. The maximum atomic E-state index is 5.94. The van der Waals surface area contributed by atoms with Crippen molar-refractivity contribution in [3.8, 4) is 0 Å². The Kier molecular flexibility index (Phi) is 2.32. The lowest BCUT2D eigenvalue weighted by molar-refractivity contribution is -0.236. The fourth-order valence-corrected chi connectivity index (χ4v) is 3.01. The minimum Gasteiger partial charge on any atom is -0.372 e. The normalized spacial score (nSPS) is 50.1. The molecule has 3 heterocycles. The lowest BCUT2D eigenvalue weighted by Crippen LogP contribution is -2.58. The van der Waals surface area contributed by atoms with Gasteiger partial charge in [0.15, 0.2) is 12.1 Å². The van der Waals surface area contributed by atoms with Gasteiger partial charge in [0, 0.05) is 13.7 Å². The van der Waals surface area contributed by atoms with Crippen LogP contribution in [0.2, 0.25) is 0 Å². The third kappa shape index (κ3) is 1.36. The largest absolute Gasteiger partial charge is 0.372 e. The highest BCUT2D eigenvalue weighted by Gasteiger charge is 2.64. The fraction of sp³-hybridized carbons (Fsp3) is 1.00. The van der Waals surface area contributed by atoms with Crippen molar-refractivity contribution in [2.75, 3.05) is 20.2 Å². The van der Waals surface area contributed by atoms with Crippen LogP contribution in [0.5, 0.6) is 0 Å². The Labute approximate surface area is 95.4 Å². The average molecular weight is 229 g/mol.